The van der Waals surface area contributed by atoms with E-state index in [0.29, 0.717) is 6.42 Å². The summed E-state index contributed by atoms with van der Waals surface area (Å²) in [5, 5.41) is 48.7. The van der Waals surface area contributed by atoms with Crippen LogP contribution in [-0.4, -0.2) is 67.2 Å². The summed E-state index contributed by atoms with van der Waals surface area (Å²) in [6.45, 7) is 6.72. The van der Waals surface area contributed by atoms with Crippen molar-refractivity contribution in [1.82, 2.24) is 0 Å². The predicted molar refractivity (Wildman–Crippen MR) is 159 cm³/mol. The van der Waals surface area contributed by atoms with Crippen LogP contribution in [0.2, 0.25) is 0 Å². The topological polar surface area (TPSA) is 251 Å². The van der Waals surface area contributed by atoms with Gasteiger partial charge in [-0.25, -0.2) is 0 Å². The molecule has 12 N–H and O–H groups in total. The monoisotopic (exact) mass is 585 g/mol. The van der Waals surface area contributed by atoms with Crippen molar-refractivity contribution in [2.45, 2.75) is 162 Å². The highest BCUT2D eigenvalue weighted by Crippen LogP contribution is 2.10. The SMILES string of the molecule is CC(N)O.CC(N)O.CC(N)O.CCCCCCCCCCC(=O)O.O=C(O)CCCCCCCCCC(=O)O. The zero-order valence-electron chi connectivity index (χ0n) is 25.6. The molecule has 0 fully saturated rings. The summed E-state index contributed by atoms with van der Waals surface area (Å²) in [5.74, 6) is -2.11. The van der Waals surface area contributed by atoms with E-state index in [1.807, 2.05) is 0 Å². The Labute approximate surface area is 242 Å². The highest BCUT2D eigenvalue weighted by atomic mass is 16.4. The highest BCUT2D eigenvalue weighted by molar-refractivity contribution is 5.67. The third-order valence-electron chi connectivity index (χ3n) is 4.53. The van der Waals surface area contributed by atoms with Crippen LogP contribution < -0.4 is 17.2 Å². The van der Waals surface area contributed by atoms with Gasteiger partial charge in [-0.1, -0.05) is 84.0 Å². The minimum atomic E-state index is -0.726. The average Bonchev–Trinajstić information content (AvgIpc) is 2.78. The first-order chi connectivity index (χ1) is 18.6. The zero-order chi connectivity index (χ0) is 32.2. The number of nitrogens with two attached hydrogens (primary N) is 3. The Morgan fingerprint density at radius 2 is 0.600 bits per heavy atom. The molecule has 0 aliphatic heterocycles. The first-order valence-electron chi connectivity index (χ1n) is 14.6. The van der Waals surface area contributed by atoms with Crippen LogP contribution in [0, 0.1) is 0 Å². The third kappa shape index (κ3) is 110. The summed E-state index contributed by atoms with van der Waals surface area (Å²) < 4.78 is 0. The Balaban J connectivity index is -0.000000146. The number of carboxylic acid groups (broad SMARTS) is 3. The predicted octanol–water partition coefficient (Wildman–Crippen LogP) is 4.12. The molecule has 0 spiro atoms. The Morgan fingerprint density at radius 3 is 0.750 bits per heavy atom. The van der Waals surface area contributed by atoms with E-state index in [9.17, 15) is 14.4 Å². The smallest absolute Gasteiger partial charge is 0.303 e. The molecule has 0 rings (SSSR count). The number of rotatable bonds is 19. The van der Waals surface area contributed by atoms with Gasteiger partial charge >= 0.3 is 17.9 Å². The first kappa shape index (κ1) is 47.9. The van der Waals surface area contributed by atoms with Gasteiger partial charge in [0.25, 0.3) is 0 Å². The number of carboxylic acids is 3. The van der Waals surface area contributed by atoms with Crippen molar-refractivity contribution in [1.29, 1.82) is 0 Å². The van der Waals surface area contributed by atoms with Crippen LogP contribution in [-0.2, 0) is 14.4 Å². The van der Waals surface area contributed by atoms with Gasteiger partial charge in [-0.2, -0.15) is 0 Å². The molecule has 0 radical (unpaired) electrons. The van der Waals surface area contributed by atoms with Crippen LogP contribution in [0.5, 0.6) is 0 Å². The van der Waals surface area contributed by atoms with E-state index in [-0.39, 0.29) is 12.8 Å². The van der Waals surface area contributed by atoms with Crippen LogP contribution >= 0.6 is 0 Å². The van der Waals surface area contributed by atoms with E-state index in [1.54, 1.807) is 0 Å². The molecule has 0 amide bonds. The highest BCUT2D eigenvalue weighted by Gasteiger charge is 1.98. The lowest BCUT2D eigenvalue weighted by molar-refractivity contribution is -0.138. The van der Waals surface area contributed by atoms with Gasteiger partial charge in [0.1, 0.15) is 0 Å². The quantitative estimate of drug-likeness (QED) is 0.0766. The Morgan fingerprint density at radius 1 is 0.450 bits per heavy atom. The van der Waals surface area contributed by atoms with Gasteiger partial charge in [-0.05, 0) is 40.0 Å². The van der Waals surface area contributed by atoms with Gasteiger partial charge in [0.2, 0.25) is 0 Å². The van der Waals surface area contributed by atoms with E-state index in [0.717, 1.165) is 57.8 Å². The van der Waals surface area contributed by atoms with Crippen molar-refractivity contribution in [3.05, 3.63) is 0 Å². The summed E-state index contributed by atoms with van der Waals surface area (Å²) in [4.78, 5) is 30.5. The lowest BCUT2D eigenvalue weighted by Gasteiger charge is -1.99. The van der Waals surface area contributed by atoms with Crippen molar-refractivity contribution in [2.75, 3.05) is 0 Å². The van der Waals surface area contributed by atoms with Crippen LogP contribution in [0.1, 0.15) is 143 Å². The van der Waals surface area contributed by atoms with E-state index in [4.69, 9.17) is 30.6 Å². The van der Waals surface area contributed by atoms with Gasteiger partial charge < -0.3 is 47.8 Å². The molecule has 3 atom stereocenters. The largest absolute Gasteiger partial charge is 0.481 e. The molecule has 0 heterocycles. The minimum Gasteiger partial charge on any atom is -0.481 e. The molecule has 40 heavy (non-hydrogen) atoms. The fourth-order valence-corrected chi connectivity index (χ4v) is 2.85. The number of hydrogen-bond acceptors (Lipinski definition) is 9. The molecule has 244 valence electrons. The summed E-state index contributed by atoms with van der Waals surface area (Å²) in [6, 6.07) is 0. The van der Waals surface area contributed by atoms with Crippen molar-refractivity contribution in [3.8, 4) is 0 Å². The third-order valence-corrected chi connectivity index (χ3v) is 4.53. The Kier molecular flexibility index (Phi) is 49.9. The standard InChI is InChI=1S/C11H20O4.C11H22O2.3C2H7NO/c12-10(13)8-6-4-2-1-3-5-7-9-11(14)15;1-2-3-4-5-6-7-8-9-10-11(12)13;3*1-2(3)4/h1-9H2,(H,12,13)(H,14,15);2-10H2,1H3,(H,12,13);3*2,4H,3H2,1H3. The Bertz CT molecular complexity index is 479. The number of aliphatic hydroxyl groups excluding tert-OH is 3. The summed E-state index contributed by atoms with van der Waals surface area (Å²) in [6.07, 6.45) is 15.2. The van der Waals surface area contributed by atoms with Crippen LogP contribution in [0.3, 0.4) is 0 Å². The molecule has 0 aromatic heterocycles. The molecule has 0 saturated heterocycles. The molecule has 12 nitrogen and oxygen atoms in total. The second-order valence-corrected chi connectivity index (χ2v) is 9.60. The fourth-order valence-electron chi connectivity index (χ4n) is 2.85. The Hall–Kier alpha value is -1.83. The van der Waals surface area contributed by atoms with Crippen molar-refractivity contribution >= 4 is 17.9 Å². The maximum Gasteiger partial charge on any atom is 0.303 e. The van der Waals surface area contributed by atoms with Gasteiger partial charge in [0, 0.05) is 19.3 Å². The summed E-state index contributed by atoms with van der Waals surface area (Å²) in [5.41, 5.74) is 14.0. The molecule has 0 aromatic carbocycles. The van der Waals surface area contributed by atoms with E-state index in [1.165, 1.54) is 59.3 Å². The number of hydrogen-bond donors (Lipinski definition) is 9. The van der Waals surface area contributed by atoms with E-state index < -0.39 is 36.6 Å². The second kappa shape index (κ2) is 41.6. The molecule has 0 aromatic rings. The summed E-state index contributed by atoms with van der Waals surface area (Å²) in [7, 11) is 0. The zero-order valence-corrected chi connectivity index (χ0v) is 25.6. The number of carbonyl (C=O) groups is 3. The average molecular weight is 586 g/mol. The molecule has 0 saturated carbocycles. The van der Waals surface area contributed by atoms with Crippen molar-refractivity contribution in [2.24, 2.45) is 17.2 Å². The lowest BCUT2D eigenvalue weighted by Crippen LogP contribution is -2.11. The van der Waals surface area contributed by atoms with Gasteiger partial charge in [0.15, 0.2) is 0 Å². The molecule has 0 aliphatic rings. The maximum atomic E-state index is 10.2. The molecular formula is C28H63N3O9. The van der Waals surface area contributed by atoms with Crippen LogP contribution in [0.15, 0.2) is 0 Å². The summed E-state index contributed by atoms with van der Waals surface area (Å²) >= 11 is 0. The van der Waals surface area contributed by atoms with Crippen LogP contribution in [0.4, 0.5) is 0 Å². The molecule has 3 unspecified atom stereocenters. The van der Waals surface area contributed by atoms with Crippen molar-refractivity contribution < 1.29 is 45.0 Å². The van der Waals surface area contributed by atoms with E-state index >= 15 is 0 Å². The van der Waals surface area contributed by atoms with Gasteiger partial charge in [0.05, 0.1) is 18.7 Å². The molecule has 0 bridgehead atoms. The fraction of sp³-hybridized carbons (Fsp3) is 0.893. The second-order valence-electron chi connectivity index (χ2n) is 9.60. The first-order valence-corrected chi connectivity index (χ1v) is 14.6. The number of aliphatic carboxylic acids is 3. The number of aliphatic hydroxyl groups is 3. The van der Waals surface area contributed by atoms with E-state index in [2.05, 4.69) is 24.1 Å². The number of unbranched alkanes of at least 4 members (excludes halogenated alkanes) is 13. The normalized spacial score (nSPS) is 11.8. The molecular weight excluding hydrogens is 522 g/mol. The maximum absolute atomic E-state index is 10.2. The molecule has 12 heteroatoms. The van der Waals surface area contributed by atoms with Gasteiger partial charge in [-0.15, -0.1) is 0 Å². The minimum absolute atomic E-state index is 0.263. The van der Waals surface area contributed by atoms with Gasteiger partial charge in [-0.3, -0.25) is 14.4 Å². The van der Waals surface area contributed by atoms with Crippen molar-refractivity contribution in [3.63, 3.8) is 0 Å². The molecule has 0 aliphatic carbocycles. The van der Waals surface area contributed by atoms with Crippen LogP contribution in [0.25, 0.3) is 0 Å². The lowest BCUT2D eigenvalue weighted by atomic mass is 10.1.